The van der Waals surface area contributed by atoms with Crippen LogP contribution in [0.25, 0.3) is 6.08 Å². The van der Waals surface area contributed by atoms with Gasteiger partial charge in [-0.2, -0.15) is 0 Å². The third-order valence-electron chi connectivity index (χ3n) is 3.75. The van der Waals surface area contributed by atoms with Gasteiger partial charge in [0.15, 0.2) is 15.8 Å². The number of carbonyl (C=O) groups excluding carboxylic acids is 1. The Bertz CT molecular complexity index is 946. The molecule has 140 valence electrons. The molecule has 1 aliphatic rings. The number of aromatic hydroxyl groups is 1. The Hall–Kier alpha value is -1.67. The van der Waals surface area contributed by atoms with Gasteiger partial charge < -0.3 is 9.84 Å². The number of benzene rings is 2. The number of rotatable bonds is 5. The minimum Gasteiger partial charge on any atom is -0.503 e. The van der Waals surface area contributed by atoms with E-state index >= 15 is 0 Å². The fourth-order valence-electron chi connectivity index (χ4n) is 2.53. The number of thiocarbonyl (C=S) groups is 1. The van der Waals surface area contributed by atoms with Gasteiger partial charge in [-0.05, 0) is 55.2 Å². The number of phenolic OH excluding ortho intramolecular Hbond substituents is 1. The molecule has 0 radical (unpaired) electrons. The smallest absolute Gasteiger partial charge is 0.270 e. The van der Waals surface area contributed by atoms with Gasteiger partial charge in [0.25, 0.3) is 5.91 Å². The molecule has 4 nitrogen and oxygen atoms in total. The third kappa shape index (κ3) is 4.27. The highest BCUT2D eigenvalue weighted by Crippen LogP contribution is 2.39. The summed E-state index contributed by atoms with van der Waals surface area (Å²) >= 11 is 14.3. The van der Waals surface area contributed by atoms with Crippen molar-refractivity contribution >= 4 is 69.3 Å². The van der Waals surface area contributed by atoms with Crippen molar-refractivity contribution in [3.05, 3.63) is 51.9 Å². The van der Waals surface area contributed by atoms with E-state index in [0.29, 0.717) is 21.4 Å². The molecule has 1 saturated heterocycles. The van der Waals surface area contributed by atoms with E-state index in [1.807, 2.05) is 37.4 Å². The van der Waals surface area contributed by atoms with Gasteiger partial charge in [0.1, 0.15) is 0 Å². The van der Waals surface area contributed by atoms with Gasteiger partial charge in [-0.3, -0.25) is 9.69 Å². The summed E-state index contributed by atoms with van der Waals surface area (Å²) in [5, 5.41) is 10.1. The number of amides is 1. The molecule has 0 atom stereocenters. The number of carbonyl (C=O) groups is 1. The topological polar surface area (TPSA) is 49.8 Å². The highest BCUT2D eigenvalue weighted by Gasteiger charge is 2.33. The third-order valence-corrected chi connectivity index (χ3v) is 6.07. The van der Waals surface area contributed by atoms with Crippen molar-refractivity contribution in [3.63, 3.8) is 0 Å². The van der Waals surface area contributed by atoms with Crippen LogP contribution in [0.3, 0.4) is 0 Å². The predicted octanol–water partition coefficient (Wildman–Crippen LogP) is 5.57. The van der Waals surface area contributed by atoms with Gasteiger partial charge in [0.2, 0.25) is 0 Å². The quantitative estimate of drug-likeness (QED) is 0.374. The van der Waals surface area contributed by atoms with Crippen LogP contribution < -0.4 is 9.64 Å². The molecule has 1 fully saturated rings. The number of thioether (sulfide) groups is 2. The molecule has 8 heteroatoms. The molecule has 1 aliphatic heterocycles. The van der Waals surface area contributed by atoms with Crippen LogP contribution in [0.5, 0.6) is 11.5 Å². The molecule has 0 bridgehead atoms. The van der Waals surface area contributed by atoms with Crippen molar-refractivity contribution in [1.29, 1.82) is 0 Å². The van der Waals surface area contributed by atoms with E-state index in [9.17, 15) is 9.90 Å². The Morgan fingerprint density at radius 2 is 2.15 bits per heavy atom. The van der Waals surface area contributed by atoms with Crippen LogP contribution in [0, 0.1) is 0 Å². The van der Waals surface area contributed by atoms with E-state index in [4.69, 9.17) is 28.6 Å². The lowest BCUT2D eigenvalue weighted by Crippen LogP contribution is -2.27. The maximum atomic E-state index is 12.9. The summed E-state index contributed by atoms with van der Waals surface area (Å²) in [6.07, 6.45) is 3.68. The lowest BCUT2D eigenvalue weighted by atomic mass is 10.1. The number of hydrogen-bond donors (Lipinski definition) is 1. The highest BCUT2D eigenvalue weighted by molar-refractivity contribution is 8.27. The molecule has 1 heterocycles. The average Bonchev–Trinajstić information content (AvgIpc) is 2.93. The van der Waals surface area contributed by atoms with Crippen molar-refractivity contribution in [2.24, 2.45) is 0 Å². The number of ether oxygens (including phenoxy) is 1. The van der Waals surface area contributed by atoms with Crippen molar-refractivity contribution in [3.8, 4) is 11.5 Å². The molecular weight excluding hydrogens is 422 g/mol. The van der Waals surface area contributed by atoms with E-state index in [-0.39, 0.29) is 22.4 Å². The molecule has 1 amide bonds. The zero-order chi connectivity index (χ0) is 19.6. The molecular formula is C19H16ClNO3S3. The summed E-state index contributed by atoms with van der Waals surface area (Å²) in [6.45, 7) is 2.20. The van der Waals surface area contributed by atoms with E-state index in [1.54, 1.807) is 30.0 Å². The maximum absolute atomic E-state index is 12.9. The van der Waals surface area contributed by atoms with Gasteiger partial charge in [-0.1, -0.05) is 41.6 Å². The first-order valence-corrected chi connectivity index (χ1v) is 10.8. The SMILES string of the molecule is CCOc1cc(/C=C2\SC(=S)N(c3cccc(SC)c3)C2=O)cc(Cl)c1O. The molecule has 0 aromatic heterocycles. The molecule has 0 saturated carbocycles. The fraction of sp³-hybridized carbons (Fsp3) is 0.158. The van der Waals surface area contributed by atoms with E-state index in [0.717, 1.165) is 10.6 Å². The zero-order valence-electron chi connectivity index (χ0n) is 14.6. The van der Waals surface area contributed by atoms with Crippen molar-refractivity contribution in [1.82, 2.24) is 0 Å². The summed E-state index contributed by atoms with van der Waals surface area (Å²) in [7, 11) is 0. The van der Waals surface area contributed by atoms with Gasteiger partial charge in [0, 0.05) is 4.90 Å². The normalized spacial score (nSPS) is 15.7. The molecule has 3 rings (SSSR count). The van der Waals surface area contributed by atoms with Crippen LogP contribution in [0.1, 0.15) is 12.5 Å². The number of nitrogens with zero attached hydrogens (tertiary/aromatic N) is 1. The molecule has 2 aromatic rings. The second kappa shape index (κ2) is 8.56. The average molecular weight is 438 g/mol. The van der Waals surface area contributed by atoms with Crippen molar-refractivity contribution in [2.75, 3.05) is 17.8 Å². The largest absolute Gasteiger partial charge is 0.503 e. The first-order valence-electron chi connectivity index (χ1n) is 8.02. The summed E-state index contributed by atoms with van der Waals surface area (Å²) in [5.41, 5.74) is 1.39. The number of anilines is 1. The molecule has 0 aliphatic carbocycles. The lowest BCUT2D eigenvalue weighted by molar-refractivity contribution is -0.113. The Kier molecular flexibility index (Phi) is 6.37. The molecule has 0 spiro atoms. The molecule has 2 aromatic carbocycles. The maximum Gasteiger partial charge on any atom is 0.270 e. The summed E-state index contributed by atoms with van der Waals surface area (Å²) in [6, 6.07) is 10.9. The minimum absolute atomic E-state index is 0.114. The number of halogens is 1. The van der Waals surface area contributed by atoms with Crippen LogP contribution in [-0.4, -0.2) is 28.2 Å². The van der Waals surface area contributed by atoms with Crippen LogP contribution in [0.15, 0.2) is 46.2 Å². The van der Waals surface area contributed by atoms with Crippen LogP contribution >= 0.6 is 47.3 Å². The second-order valence-electron chi connectivity index (χ2n) is 5.50. The monoisotopic (exact) mass is 437 g/mol. The predicted molar refractivity (Wildman–Crippen MR) is 118 cm³/mol. The Morgan fingerprint density at radius 3 is 2.85 bits per heavy atom. The van der Waals surface area contributed by atoms with E-state index in [2.05, 4.69) is 0 Å². The summed E-state index contributed by atoms with van der Waals surface area (Å²) in [4.78, 5) is 16.0. The standard InChI is InChI=1S/C19H16ClNO3S3/c1-3-24-15-8-11(7-14(20)17(15)22)9-16-18(23)21(19(25)27-16)12-5-4-6-13(10-12)26-2/h4-10,22H,3H2,1-2H3/b16-9-. The van der Waals surface area contributed by atoms with Gasteiger partial charge in [0.05, 0.1) is 22.2 Å². The summed E-state index contributed by atoms with van der Waals surface area (Å²) < 4.78 is 5.86. The molecule has 1 N–H and O–H groups in total. The fourth-order valence-corrected chi connectivity index (χ4v) is 4.51. The van der Waals surface area contributed by atoms with Gasteiger partial charge in [-0.25, -0.2) is 0 Å². The van der Waals surface area contributed by atoms with Crippen LogP contribution in [0.2, 0.25) is 5.02 Å². The van der Waals surface area contributed by atoms with Gasteiger partial charge in [-0.15, -0.1) is 11.8 Å². The summed E-state index contributed by atoms with van der Waals surface area (Å²) in [5.74, 6) is -0.0260. The molecule has 27 heavy (non-hydrogen) atoms. The van der Waals surface area contributed by atoms with Crippen LogP contribution in [0.4, 0.5) is 5.69 Å². The number of phenols is 1. The van der Waals surface area contributed by atoms with Gasteiger partial charge >= 0.3 is 0 Å². The first-order chi connectivity index (χ1) is 12.9. The van der Waals surface area contributed by atoms with Crippen molar-refractivity contribution < 1.29 is 14.6 Å². The zero-order valence-corrected chi connectivity index (χ0v) is 17.8. The van der Waals surface area contributed by atoms with Crippen LogP contribution in [-0.2, 0) is 4.79 Å². The van der Waals surface area contributed by atoms with E-state index in [1.165, 1.54) is 16.7 Å². The molecule has 0 unspecified atom stereocenters. The Morgan fingerprint density at radius 1 is 1.37 bits per heavy atom. The first kappa shape index (κ1) is 20.1. The number of hydrogen-bond acceptors (Lipinski definition) is 6. The second-order valence-corrected chi connectivity index (χ2v) is 8.46. The lowest BCUT2D eigenvalue weighted by Gasteiger charge is -2.15. The van der Waals surface area contributed by atoms with Crippen molar-refractivity contribution in [2.45, 2.75) is 11.8 Å². The Balaban J connectivity index is 1.95. The Labute approximate surface area is 176 Å². The van der Waals surface area contributed by atoms with E-state index < -0.39 is 0 Å². The highest BCUT2D eigenvalue weighted by atomic mass is 35.5. The minimum atomic E-state index is -0.189.